The minimum Gasteiger partial charge on any atom is -0.350 e. The lowest BCUT2D eigenvalue weighted by atomic mass is 10.2. The van der Waals surface area contributed by atoms with Gasteiger partial charge < -0.3 is 10.6 Å². The van der Waals surface area contributed by atoms with Crippen LogP contribution in [-0.2, 0) is 14.4 Å². The van der Waals surface area contributed by atoms with Gasteiger partial charge in [-0.2, -0.15) is 0 Å². The van der Waals surface area contributed by atoms with Crippen molar-refractivity contribution in [1.29, 1.82) is 0 Å². The summed E-state index contributed by atoms with van der Waals surface area (Å²) in [6, 6.07) is 10.8. The molecule has 0 bridgehead atoms. The average molecular weight is 368 g/mol. The molecule has 0 spiro atoms. The second kappa shape index (κ2) is 7.24. The zero-order valence-electron chi connectivity index (χ0n) is 14.4. The van der Waals surface area contributed by atoms with Gasteiger partial charge >= 0.3 is 0 Å². The summed E-state index contributed by atoms with van der Waals surface area (Å²) in [4.78, 5) is 46.6. The SMILES string of the molecule is CC(=O)Nc1ccc(Nc2ccc(N3C(=O)CCC3=O)cc2[N+](=O)[O-])cc1. The van der Waals surface area contributed by atoms with E-state index in [4.69, 9.17) is 0 Å². The normalized spacial score (nSPS) is 13.6. The second-order valence-corrected chi connectivity index (χ2v) is 5.96. The maximum Gasteiger partial charge on any atom is 0.294 e. The van der Waals surface area contributed by atoms with E-state index >= 15 is 0 Å². The first-order valence-electron chi connectivity index (χ1n) is 8.14. The van der Waals surface area contributed by atoms with Crippen molar-refractivity contribution in [1.82, 2.24) is 0 Å². The van der Waals surface area contributed by atoms with Crippen LogP contribution in [0.3, 0.4) is 0 Å². The lowest BCUT2D eigenvalue weighted by Crippen LogP contribution is -2.28. The number of nitrogens with one attached hydrogen (secondary N) is 2. The van der Waals surface area contributed by atoms with Gasteiger partial charge in [0.15, 0.2) is 0 Å². The van der Waals surface area contributed by atoms with Gasteiger partial charge in [0.25, 0.3) is 5.69 Å². The Labute approximate surface area is 154 Å². The molecule has 0 aromatic heterocycles. The third-order valence-electron chi connectivity index (χ3n) is 3.97. The van der Waals surface area contributed by atoms with Crippen molar-refractivity contribution < 1.29 is 19.3 Å². The minimum atomic E-state index is -0.581. The second-order valence-electron chi connectivity index (χ2n) is 5.96. The molecule has 0 aliphatic carbocycles. The highest BCUT2D eigenvalue weighted by molar-refractivity contribution is 6.20. The Morgan fingerprint density at radius 3 is 2.19 bits per heavy atom. The quantitative estimate of drug-likeness (QED) is 0.475. The number of nitro benzene ring substituents is 1. The molecule has 0 unspecified atom stereocenters. The van der Waals surface area contributed by atoms with Crippen molar-refractivity contribution in [2.75, 3.05) is 15.5 Å². The van der Waals surface area contributed by atoms with Crippen LogP contribution in [0.2, 0.25) is 0 Å². The van der Waals surface area contributed by atoms with Gasteiger partial charge in [-0.15, -0.1) is 0 Å². The molecule has 3 rings (SSSR count). The molecule has 138 valence electrons. The summed E-state index contributed by atoms with van der Waals surface area (Å²) >= 11 is 0. The van der Waals surface area contributed by atoms with Crippen LogP contribution in [0.5, 0.6) is 0 Å². The Balaban J connectivity index is 1.87. The van der Waals surface area contributed by atoms with Crippen LogP contribution in [0.1, 0.15) is 19.8 Å². The Kier molecular flexibility index (Phi) is 4.84. The van der Waals surface area contributed by atoms with Crippen molar-refractivity contribution in [3.05, 3.63) is 52.6 Å². The fourth-order valence-electron chi connectivity index (χ4n) is 2.78. The molecular formula is C18H16N4O5. The number of benzene rings is 2. The number of rotatable bonds is 5. The highest BCUT2D eigenvalue weighted by atomic mass is 16.6. The molecule has 1 fully saturated rings. The van der Waals surface area contributed by atoms with Gasteiger partial charge in [-0.3, -0.25) is 29.4 Å². The highest BCUT2D eigenvalue weighted by Crippen LogP contribution is 2.34. The fourth-order valence-corrected chi connectivity index (χ4v) is 2.78. The Morgan fingerprint density at radius 1 is 1.04 bits per heavy atom. The number of imide groups is 1. The number of hydrogen-bond acceptors (Lipinski definition) is 6. The lowest BCUT2D eigenvalue weighted by molar-refractivity contribution is -0.383. The summed E-state index contributed by atoms with van der Waals surface area (Å²) < 4.78 is 0. The number of nitro groups is 1. The Hall–Kier alpha value is -3.75. The van der Waals surface area contributed by atoms with Gasteiger partial charge in [-0.05, 0) is 36.4 Å². The summed E-state index contributed by atoms with van der Waals surface area (Å²) in [6.07, 6.45) is 0.209. The molecule has 1 heterocycles. The number of hydrogen-bond donors (Lipinski definition) is 2. The summed E-state index contributed by atoms with van der Waals surface area (Å²) in [5, 5.41) is 17.0. The van der Waals surface area contributed by atoms with E-state index in [0.717, 1.165) is 4.90 Å². The number of carbonyl (C=O) groups excluding carboxylic acids is 3. The molecule has 27 heavy (non-hydrogen) atoms. The van der Waals surface area contributed by atoms with Gasteiger partial charge in [0.05, 0.1) is 10.6 Å². The smallest absolute Gasteiger partial charge is 0.294 e. The van der Waals surface area contributed by atoms with Crippen LogP contribution in [0.25, 0.3) is 0 Å². The molecule has 0 saturated carbocycles. The molecular weight excluding hydrogens is 352 g/mol. The zero-order valence-corrected chi connectivity index (χ0v) is 14.4. The molecule has 1 saturated heterocycles. The molecule has 0 atom stereocenters. The average Bonchev–Trinajstić information content (AvgIpc) is 2.95. The van der Waals surface area contributed by atoms with Crippen LogP contribution < -0.4 is 15.5 Å². The molecule has 9 nitrogen and oxygen atoms in total. The zero-order chi connectivity index (χ0) is 19.6. The van der Waals surface area contributed by atoms with E-state index in [-0.39, 0.29) is 47.6 Å². The first kappa shape index (κ1) is 18.1. The van der Waals surface area contributed by atoms with Crippen molar-refractivity contribution in [3.63, 3.8) is 0 Å². The fraction of sp³-hybridized carbons (Fsp3) is 0.167. The largest absolute Gasteiger partial charge is 0.350 e. The predicted octanol–water partition coefficient (Wildman–Crippen LogP) is 2.95. The highest BCUT2D eigenvalue weighted by Gasteiger charge is 2.31. The topological polar surface area (TPSA) is 122 Å². The molecule has 3 amide bonds. The monoisotopic (exact) mass is 368 g/mol. The van der Waals surface area contributed by atoms with E-state index in [1.165, 1.54) is 25.1 Å². The maximum absolute atomic E-state index is 11.8. The van der Waals surface area contributed by atoms with Gasteiger partial charge in [0.2, 0.25) is 17.7 Å². The Morgan fingerprint density at radius 2 is 1.63 bits per heavy atom. The van der Waals surface area contributed by atoms with Crippen molar-refractivity contribution in [2.24, 2.45) is 0 Å². The van der Waals surface area contributed by atoms with Gasteiger partial charge in [-0.1, -0.05) is 0 Å². The van der Waals surface area contributed by atoms with E-state index < -0.39 is 4.92 Å². The number of anilines is 4. The molecule has 0 radical (unpaired) electrons. The molecule has 2 N–H and O–H groups in total. The maximum atomic E-state index is 11.8. The molecule has 1 aliphatic heterocycles. The third kappa shape index (κ3) is 3.92. The first-order valence-corrected chi connectivity index (χ1v) is 8.14. The third-order valence-corrected chi connectivity index (χ3v) is 3.97. The van der Waals surface area contributed by atoms with E-state index in [9.17, 15) is 24.5 Å². The van der Waals surface area contributed by atoms with Crippen LogP contribution in [0.15, 0.2) is 42.5 Å². The Bertz CT molecular complexity index is 923. The predicted molar refractivity (Wildman–Crippen MR) is 98.9 cm³/mol. The van der Waals surface area contributed by atoms with Crippen molar-refractivity contribution in [2.45, 2.75) is 19.8 Å². The molecule has 2 aromatic carbocycles. The number of nitrogens with zero attached hydrogens (tertiary/aromatic N) is 2. The summed E-state index contributed by atoms with van der Waals surface area (Å²) in [7, 11) is 0. The van der Waals surface area contributed by atoms with Crippen LogP contribution in [0.4, 0.5) is 28.4 Å². The van der Waals surface area contributed by atoms with E-state index in [0.29, 0.717) is 11.4 Å². The number of amides is 3. The number of carbonyl (C=O) groups is 3. The van der Waals surface area contributed by atoms with Crippen LogP contribution >= 0.6 is 0 Å². The van der Waals surface area contributed by atoms with E-state index in [1.807, 2.05) is 0 Å². The van der Waals surface area contributed by atoms with Crippen LogP contribution in [0, 0.1) is 10.1 Å². The van der Waals surface area contributed by atoms with Gasteiger partial charge in [0.1, 0.15) is 5.69 Å². The summed E-state index contributed by atoms with van der Waals surface area (Å²) in [6.45, 7) is 1.40. The standard InChI is InChI=1S/C18H16N4O5/c1-11(23)19-12-2-4-13(5-3-12)20-15-7-6-14(10-16(15)22(26)27)21-17(24)8-9-18(21)25/h2-7,10,20H,8-9H2,1H3,(H,19,23). The van der Waals surface area contributed by atoms with E-state index in [1.54, 1.807) is 24.3 Å². The van der Waals surface area contributed by atoms with Crippen molar-refractivity contribution in [3.8, 4) is 0 Å². The molecule has 1 aliphatic rings. The summed E-state index contributed by atoms with van der Waals surface area (Å²) in [5.74, 6) is -0.944. The molecule has 9 heteroatoms. The van der Waals surface area contributed by atoms with Crippen molar-refractivity contribution >= 4 is 46.2 Å². The van der Waals surface area contributed by atoms with Gasteiger partial charge in [-0.25, -0.2) is 0 Å². The lowest BCUT2D eigenvalue weighted by Gasteiger charge is -2.15. The summed E-state index contributed by atoms with van der Waals surface area (Å²) in [5.41, 5.74) is 1.32. The first-order chi connectivity index (χ1) is 12.8. The minimum absolute atomic E-state index is 0.104. The molecule has 2 aromatic rings. The van der Waals surface area contributed by atoms with E-state index in [2.05, 4.69) is 10.6 Å². The van der Waals surface area contributed by atoms with Crippen LogP contribution in [-0.4, -0.2) is 22.6 Å². The van der Waals surface area contributed by atoms with Gasteiger partial charge in [0, 0.05) is 37.2 Å².